The lowest BCUT2D eigenvalue weighted by molar-refractivity contribution is -0.142. The first-order chi connectivity index (χ1) is 19.6. The van der Waals surface area contributed by atoms with Gasteiger partial charge in [0, 0.05) is 24.6 Å². The molecule has 0 unspecified atom stereocenters. The first kappa shape index (κ1) is 27.5. The fraction of sp³-hybridized carbons (Fsp3) is 0.235. The molecule has 0 spiro atoms. The van der Waals surface area contributed by atoms with Crippen molar-refractivity contribution in [1.82, 2.24) is 4.90 Å². The lowest BCUT2D eigenvalue weighted by Gasteiger charge is -2.29. The van der Waals surface area contributed by atoms with E-state index in [0.717, 1.165) is 39.3 Å². The van der Waals surface area contributed by atoms with Crippen LogP contribution in [0.5, 0.6) is 0 Å². The molecule has 1 aliphatic rings. The minimum Gasteiger partial charge on any atom is -0.480 e. The van der Waals surface area contributed by atoms with E-state index in [9.17, 15) is 14.7 Å². The summed E-state index contributed by atoms with van der Waals surface area (Å²) in [7, 11) is 0. The molecule has 0 heterocycles. The van der Waals surface area contributed by atoms with Gasteiger partial charge >= 0.3 is 12.1 Å². The van der Waals surface area contributed by atoms with E-state index < -0.39 is 18.1 Å². The van der Waals surface area contributed by atoms with E-state index in [4.69, 9.17) is 4.74 Å². The van der Waals surface area contributed by atoms with Gasteiger partial charge in [-0.05, 0) is 45.6 Å². The molecule has 4 aromatic carbocycles. The number of amides is 1. The summed E-state index contributed by atoms with van der Waals surface area (Å²) in [6.45, 7) is 0.464. The molecule has 204 valence electrons. The van der Waals surface area contributed by atoms with E-state index in [1.807, 2.05) is 72.8 Å². The number of carbonyl (C=O) groups excluding carboxylic acids is 1. The van der Waals surface area contributed by atoms with Crippen LogP contribution in [0.3, 0.4) is 0 Å². The van der Waals surface area contributed by atoms with Crippen LogP contribution >= 0.6 is 11.8 Å². The van der Waals surface area contributed by atoms with Crippen LogP contribution in [-0.2, 0) is 21.7 Å². The molecular weight excluding hydrogens is 518 g/mol. The summed E-state index contributed by atoms with van der Waals surface area (Å²) in [6.07, 6.45) is 0.302. The number of ether oxygens (including phenoxy) is 1. The van der Waals surface area contributed by atoms with Gasteiger partial charge in [0.15, 0.2) is 0 Å². The topological polar surface area (TPSA) is 66.8 Å². The molecule has 5 nitrogen and oxygen atoms in total. The van der Waals surface area contributed by atoms with E-state index in [2.05, 4.69) is 36.4 Å². The van der Waals surface area contributed by atoms with Crippen molar-refractivity contribution >= 4 is 23.8 Å². The van der Waals surface area contributed by atoms with Crippen molar-refractivity contribution < 1.29 is 19.4 Å². The van der Waals surface area contributed by atoms with Gasteiger partial charge in [0.1, 0.15) is 12.6 Å². The van der Waals surface area contributed by atoms with Crippen LogP contribution in [0.2, 0.25) is 0 Å². The molecule has 1 amide bonds. The molecule has 6 heteroatoms. The first-order valence-electron chi connectivity index (χ1n) is 13.6. The normalized spacial score (nSPS) is 12.8. The van der Waals surface area contributed by atoms with Gasteiger partial charge in [-0.25, -0.2) is 9.59 Å². The minimum absolute atomic E-state index is 0.0861. The molecule has 1 atom stereocenters. The zero-order chi connectivity index (χ0) is 27.7. The molecule has 0 radical (unpaired) electrons. The number of nitrogens with zero attached hydrogens (tertiary/aromatic N) is 1. The Labute approximate surface area is 239 Å². The van der Waals surface area contributed by atoms with Crippen LogP contribution in [0.1, 0.15) is 34.6 Å². The summed E-state index contributed by atoms with van der Waals surface area (Å²) >= 11 is 1.78. The van der Waals surface area contributed by atoms with Gasteiger partial charge in [-0.2, -0.15) is 11.8 Å². The summed E-state index contributed by atoms with van der Waals surface area (Å²) in [4.78, 5) is 27.4. The van der Waals surface area contributed by atoms with E-state index in [-0.39, 0.29) is 18.9 Å². The fourth-order valence-corrected chi connectivity index (χ4v) is 6.23. The third-order valence-electron chi connectivity index (χ3n) is 7.30. The molecule has 1 aliphatic carbocycles. The number of aliphatic carboxylic acids is 1. The van der Waals surface area contributed by atoms with E-state index >= 15 is 0 Å². The van der Waals surface area contributed by atoms with Crippen molar-refractivity contribution in [2.45, 2.75) is 30.6 Å². The average Bonchev–Trinajstić information content (AvgIpc) is 3.31. The predicted octanol–water partition coefficient (Wildman–Crippen LogP) is 7.26. The lowest BCUT2D eigenvalue weighted by atomic mass is 9.98. The van der Waals surface area contributed by atoms with Crippen LogP contribution in [0.25, 0.3) is 11.1 Å². The van der Waals surface area contributed by atoms with Crippen LogP contribution < -0.4 is 0 Å². The molecule has 0 saturated heterocycles. The summed E-state index contributed by atoms with van der Waals surface area (Å²) in [5, 5.41) is 10.2. The Morgan fingerprint density at radius 1 is 0.775 bits per heavy atom. The summed E-state index contributed by atoms with van der Waals surface area (Å²) in [5.41, 5.74) is 6.66. The van der Waals surface area contributed by atoms with Gasteiger partial charge in [0.05, 0.1) is 0 Å². The molecule has 0 saturated carbocycles. The van der Waals surface area contributed by atoms with E-state index in [1.54, 1.807) is 11.8 Å². The number of carbonyl (C=O) groups is 2. The molecule has 0 fully saturated rings. The number of benzene rings is 4. The predicted molar refractivity (Wildman–Crippen MR) is 161 cm³/mol. The number of carboxylic acid groups (broad SMARTS) is 1. The summed E-state index contributed by atoms with van der Waals surface area (Å²) in [6, 6.07) is 35.0. The number of rotatable bonds is 12. The van der Waals surface area contributed by atoms with Crippen LogP contribution in [-0.4, -0.2) is 47.0 Å². The Balaban J connectivity index is 1.29. The zero-order valence-corrected chi connectivity index (χ0v) is 23.1. The Morgan fingerprint density at radius 2 is 1.32 bits per heavy atom. The second-order valence-corrected chi connectivity index (χ2v) is 11.0. The Morgan fingerprint density at radius 3 is 1.93 bits per heavy atom. The monoisotopic (exact) mass is 551 g/mol. The highest BCUT2D eigenvalue weighted by Crippen LogP contribution is 2.44. The molecule has 1 N–H and O–H groups in total. The molecule has 4 aromatic rings. The van der Waals surface area contributed by atoms with Crippen molar-refractivity contribution in [2.24, 2.45) is 0 Å². The van der Waals surface area contributed by atoms with Gasteiger partial charge in [-0.15, -0.1) is 0 Å². The van der Waals surface area contributed by atoms with Crippen molar-refractivity contribution in [3.05, 3.63) is 131 Å². The van der Waals surface area contributed by atoms with Crippen molar-refractivity contribution in [3.8, 4) is 11.1 Å². The van der Waals surface area contributed by atoms with E-state index in [0.29, 0.717) is 13.0 Å². The number of carboxylic acids is 1. The second kappa shape index (κ2) is 13.4. The smallest absolute Gasteiger partial charge is 0.410 e. The van der Waals surface area contributed by atoms with Gasteiger partial charge in [0.2, 0.25) is 0 Å². The Bertz CT molecular complexity index is 1380. The second-order valence-electron chi connectivity index (χ2n) is 9.93. The fourth-order valence-electron chi connectivity index (χ4n) is 5.32. The maximum Gasteiger partial charge on any atom is 0.410 e. The average molecular weight is 552 g/mol. The minimum atomic E-state index is -1.03. The van der Waals surface area contributed by atoms with Gasteiger partial charge in [-0.3, -0.25) is 4.90 Å². The molecule has 40 heavy (non-hydrogen) atoms. The summed E-state index contributed by atoms with van der Waals surface area (Å²) < 4.78 is 5.91. The maximum absolute atomic E-state index is 13.6. The Hall–Kier alpha value is -4.03. The number of thioether (sulfide) groups is 1. The first-order valence-corrected chi connectivity index (χ1v) is 14.8. The zero-order valence-electron chi connectivity index (χ0n) is 22.3. The van der Waals surface area contributed by atoms with Crippen molar-refractivity contribution in [1.29, 1.82) is 0 Å². The quantitative estimate of drug-likeness (QED) is 0.188. The largest absolute Gasteiger partial charge is 0.480 e. The van der Waals surface area contributed by atoms with Gasteiger partial charge in [0.25, 0.3) is 0 Å². The SMILES string of the molecule is O=C(O)[C@H](Cc1ccccc1)N(CCCSCc1ccccc1)C(=O)OCC1c2ccccc2-c2ccccc21. The number of fused-ring (bicyclic) bond motifs is 3. The summed E-state index contributed by atoms with van der Waals surface area (Å²) in [5.74, 6) is 0.559. The lowest BCUT2D eigenvalue weighted by Crippen LogP contribution is -2.47. The molecule has 5 rings (SSSR count). The van der Waals surface area contributed by atoms with Gasteiger partial charge in [-0.1, -0.05) is 109 Å². The highest BCUT2D eigenvalue weighted by atomic mass is 32.2. The third-order valence-corrected chi connectivity index (χ3v) is 8.42. The van der Waals surface area contributed by atoms with Crippen molar-refractivity contribution in [2.75, 3.05) is 18.9 Å². The molecule has 0 aromatic heterocycles. The number of hydrogen-bond donors (Lipinski definition) is 1. The van der Waals surface area contributed by atoms with Crippen molar-refractivity contribution in [3.63, 3.8) is 0 Å². The highest BCUT2D eigenvalue weighted by Gasteiger charge is 2.33. The van der Waals surface area contributed by atoms with Gasteiger partial charge < -0.3 is 9.84 Å². The van der Waals surface area contributed by atoms with Crippen LogP contribution in [0.4, 0.5) is 4.79 Å². The molecule has 0 aliphatic heterocycles. The highest BCUT2D eigenvalue weighted by molar-refractivity contribution is 7.98. The van der Waals surface area contributed by atoms with Crippen LogP contribution in [0, 0.1) is 0 Å². The number of hydrogen-bond acceptors (Lipinski definition) is 4. The standard InChI is InChI=1S/C34H33NO4S/c36-33(37)32(22-25-12-3-1-4-13-25)35(20-11-21-40-24-26-14-5-2-6-15-26)34(38)39-23-31-29-18-9-7-16-27(29)28-17-8-10-19-30(28)31/h1-10,12-19,31-32H,11,20-24H2,(H,36,37)/t32-/m0/s1. The Kier molecular flexibility index (Phi) is 9.19. The van der Waals surface area contributed by atoms with Crippen LogP contribution in [0.15, 0.2) is 109 Å². The van der Waals surface area contributed by atoms with E-state index in [1.165, 1.54) is 10.5 Å². The molecule has 0 bridgehead atoms. The maximum atomic E-state index is 13.6. The molecular formula is C34H33NO4S. The third kappa shape index (κ3) is 6.57.